The molecule has 4 aromatic rings. The van der Waals surface area contributed by atoms with Gasteiger partial charge in [-0.05, 0) is 34.9 Å². The standard InChI is InChI=1S/C24H19BrN2O/c1-28-22-9-5-2-6-17(22)16-24(18-10-12-19(25)13-11-18)21-8-4-3-7-20(21)23-26-14-15-27(23)24/h2-15H,16H2,1H3. The van der Waals surface area contributed by atoms with E-state index in [1.54, 1.807) is 7.11 Å². The first-order valence-corrected chi connectivity index (χ1v) is 10.0. The van der Waals surface area contributed by atoms with Crippen molar-refractivity contribution >= 4 is 15.9 Å². The Morgan fingerprint density at radius 2 is 1.71 bits per heavy atom. The minimum atomic E-state index is -0.377. The van der Waals surface area contributed by atoms with Crippen LogP contribution in [-0.2, 0) is 12.0 Å². The molecule has 0 saturated carbocycles. The highest BCUT2D eigenvalue weighted by molar-refractivity contribution is 9.10. The number of aromatic nitrogens is 2. The van der Waals surface area contributed by atoms with Crippen LogP contribution in [0.3, 0.4) is 0 Å². The van der Waals surface area contributed by atoms with Gasteiger partial charge in [0.25, 0.3) is 0 Å². The van der Waals surface area contributed by atoms with Gasteiger partial charge in [-0.15, -0.1) is 0 Å². The molecule has 5 rings (SSSR count). The summed E-state index contributed by atoms with van der Waals surface area (Å²) in [5, 5.41) is 0. The van der Waals surface area contributed by atoms with Crippen molar-refractivity contribution in [3.8, 4) is 17.1 Å². The van der Waals surface area contributed by atoms with Crippen molar-refractivity contribution in [3.05, 3.63) is 106 Å². The molecule has 1 atom stereocenters. The summed E-state index contributed by atoms with van der Waals surface area (Å²) in [6, 6.07) is 25.5. The highest BCUT2D eigenvalue weighted by Crippen LogP contribution is 2.49. The fraction of sp³-hybridized carbons (Fsp3) is 0.125. The molecule has 1 unspecified atom stereocenters. The van der Waals surface area contributed by atoms with Crippen LogP contribution < -0.4 is 4.74 Å². The Labute approximate surface area is 172 Å². The van der Waals surface area contributed by atoms with Gasteiger partial charge in [-0.3, -0.25) is 0 Å². The number of hydrogen-bond acceptors (Lipinski definition) is 2. The van der Waals surface area contributed by atoms with Crippen molar-refractivity contribution < 1.29 is 4.74 Å². The van der Waals surface area contributed by atoms with Crippen LogP contribution in [0.4, 0.5) is 0 Å². The first kappa shape index (κ1) is 17.3. The van der Waals surface area contributed by atoms with E-state index in [4.69, 9.17) is 4.74 Å². The molecule has 0 fully saturated rings. The maximum Gasteiger partial charge on any atom is 0.141 e. The van der Waals surface area contributed by atoms with Crippen LogP contribution in [0.25, 0.3) is 11.4 Å². The largest absolute Gasteiger partial charge is 0.496 e. The Morgan fingerprint density at radius 3 is 2.54 bits per heavy atom. The smallest absolute Gasteiger partial charge is 0.141 e. The summed E-state index contributed by atoms with van der Waals surface area (Å²) in [6.07, 6.45) is 4.76. The van der Waals surface area contributed by atoms with E-state index in [1.165, 1.54) is 22.3 Å². The van der Waals surface area contributed by atoms with E-state index in [0.29, 0.717) is 0 Å². The van der Waals surface area contributed by atoms with Gasteiger partial charge in [0.15, 0.2) is 0 Å². The molecule has 1 aliphatic rings. The Balaban J connectivity index is 1.81. The van der Waals surface area contributed by atoms with Crippen molar-refractivity contribution in [2.75, 3.05) is 7.11 Å². The van der Waals surface area contributed by atoms with Gasteiger partial charge in [-0.1, -0.05) is 70.5 Å². The number of halogens is 1. The molecule has 2 heterocycles. The fourth-order valence-electron chi connectivity index (χ4n) is 4.41. The molecule has 0 radical (unpaired) electrons. The summed E-state index contributed by atoms with van der Waals surface area (Å²) in [5.41, 5.74) is 4.48. The Kier molecular flexibility index (Phi) is 4.09. The quantitative estimate of drug-likeness (QED) is 0.417. The second-order valence-corrected chi connectivity index (χ2v) is 7.94. The van der Waals surface area contributed by atoms with Crippen LogP contribution in [-0.4, -0.2) is 16.7 Å². The predicted octanol–water partition coefficient (Wildman–Crippen LogP) is 5.67. The minimum Gasteiger partial charge on any atom is -0.496 e. The van der Waals surface area contributed by atoms with Gasteiger partial charge in [-0.25, -0.2) is 4.98 Å². The van der Waals surface area contributed by atoms with Gasteiger partial charge >= 0.3 is 0 Å². The average Bonchev–Trinajstić information content (AvgIpc) is 3.31. The third-order valence-electron chi connectivity index (χ3n) is 5.63. The summed E-state index contributed by atoms with van der Waals surface area (Å²) in [4.78, 5) is 4.68. The number of para-hydroxylation sites is 1. The predicted molar refractivity (Wildman–Crippen MR) is 115 cm³/mol. The van der Waals surface area contributed by atoms with Crippen LogP contribution in [0.2, 0.25) is 0 Å². The van der Waals surface area contributed by atoms with Gasteiger partial charge in [0.1, 0.15) is 17.1 Å². The van der Waals surface area contributed by atoms with E-state index in [2.05, 4.69) is 92.3 Å². The number of imidazole rings is 1. The number of methoxy groups -OCH3 is 1. The topological polar surface area (TPSA) is 27.1 Å². The van der Waals surface area contributed by atoms with Gasteiger partial charge in [0, 0.05) is 28.9 Å². The lowest BCUT2D eigenvalue weighted by atomic mass is 9.78. The maximum atomic E-state index is 5.68. The molecule has 3 aromatic carbocycles. The molecule has 1 aliphatic heterocycles. The van der Waals surface area contributed by atoms with Crippen molar-refractivity contribution in [2.24, 2.45) is 0 Å². The van der Waals surface area contributed by atoms with Gasteiger partial charge < -0.3 is 9.30 Å². The average molecular weight is 431 g/mol. The second-order valence-electron chi connectivity index (χ2n) is 7.02. The summed E-state index contributed by atoms with van der Waals surface area (Å²) >= 11 is 3.58. The van der Waals surface area contributed by atoms with Crippen LogP contribution in [0.5, 0.6) is 5.75 Å². The molecule has 0 aliphatic carbocycles. The summed E-state index contributed by atoms with van der Waals surface area (Å²) < 4.78 is 9.06. The molecular weight excluding hydrogens is 412 g/mol. The molecule has 0 bridgehead atoms. The number of nitrogens with zero attached hydrogens (tertiary/aromatic N) is 2. The monoisotopic (exact) mass is 430 g/mol. The fourth-order valence-corrected chi connectivity index (χ4v) is 4.67. The first-order valence-electron chi connectivity index (χ1n) is 9.26. The maximum absolute atomic E-state index is 5.68. The van der Waals surface area contributed by atoms with Crippen molar-refractivity contribution in [2.45, 2.75) is 12.0 Å². The first-order chi connectivity index (χ1) is 13.7. The van der Waals surface area contributed by atoms with E-state index in [0.717, 1.165) is 22.5 Å². The summed E-state index contributed by atoms with van der Waals surface area (Å²) in [5.74, 6) is 1.92. The molecule has 1 aromatic heterocycles. The highest BCUT2D eigenvalue weighted by Gasteiger charge is 2.45. The van der Waals surface area contributed by atoms with Crippen molar-refractivity contribution in [3.63, 3.8) is 0 Å². The third kappa shape index (κ3) is 2.45. The molecule has 3 nitrogen and oxygen atoms in total. The second kappa shape index (κ2) is 6.64. The molecule has 4 heteroatoms. The van der Waals surface area contributed by atoms with Crippen LogP contribution >= 0.6 is 15.9 Å². The number of rotatable bonds is 4. The molecule has 0 spiro atoms. The van der Waals surface area contributed by atoms with E-state index in [-0.39, 0.29) is 5.54 Å². The number of benzene rings is 3. The van der Waals surface area contributed by atoms with Crippen molar-refractivity contribution in [1.29, 1.82) is 0 Å². The van der Waals surface area contributed by atoms with Gasteiger partial charge in [0.05, 0.1) is 7.11 Å². The number of ether oxygens (including phenoxy) is 1. The van der Waals surface area contributed by atoms with Gasteiger partial charge in [0.2, 0.25) is 0 Å². The van der Waals surface area contributed by atoms with E-state index in [9.17, 15) is 0 Å². The van der Waals surface area contributed by atoms with Crippen LogP contribution in [0.1, 0.15) is 16.7 Å². The van der Waals surface area contributed by atoms with Crippen LogP contribution in [0, 0.1) is 0 Å². The zero-order chi connectivity index (χ0) is 19.1. The number of fused-ring (bicyclic) bond motifs is 3. The minimum absolute atomic E-state index is 0.377. The molecule has 0 N–H and O–H groups in total. The third-order valence-corrected chi connectivity index (χ3v) is 6.15. The van der Waals surface area contributed by atoms with E-state index >= 15 is 0 Å². The normalized spacial score (nSPS) is 17.2. The summed E-state index contributed by atoms with van der Waals surface area (Å²) in [6.45, 7) is 0. The molecule has 138 valence electrons. The molecule has 0 saturated heterocycles. The number of hydrogen-bond donors (Lipinski definition) is 0. The van der Waals surface area contributed by atoms with Gasteiger partial charge in [-0.2, -0.15) is 0 Å². The molecule has 28 heavy (non-hydrogen) atoms. The van der Waals surface area contributed by atoms with E-state index < -0.39 is 0 Å². The lowest BCUT2D eigenvalue weighted by Gasteiger charge is -2.34. The highest BCUT2D eigenvalue weighted by atomic mass is 79.9. The van der Waals surface area contributed by atoms with Crippen LogP contribution in [0.15, 0.2) is 89.7 Å². The summed E-state index contributed by atoms with van der Waals surface area (Å²) in [7, 11) is 1.73. The Hall–Kier alpha value is -2.85. The zero-order valence-corrected chi connectivity index (χ0v) is 17.1. The molecular formula is C24H19BrN2O. The zero-order valence-electron chi connectivity index (χ0n) is 15.5. The molecule has 0 amide bonds. The lowest BCUT2D eigenvalue weighted by Crippen LogP contribution is -2.35. The van der Waals surface area contributed by atoms with Crippen molar-refractivity contribution in [1.82, 2.24) is 9.55 Å². The SMILES string of the molecule is COc1ccccc1CC1(c2ccc(Br)cc2)c2ccccc2-c2nccn21. The Bertz CT molecular complexity index is 1150. The van der Waals surface area contributed by atoms with E-state index in [1.807, 2.05) is 18.3 Å². The Morgan fingerprint density at radius 1 is 0.964 bits per heavy atom. The lowest BCUT2D eigenvalue weighted by molar-refractivity contribution is 0.394.